The molecule has 0 heterocycles. The number of hydrogen-bond donors (Lipinski definition) is 1. The number of nitrogens with two attached hydrogens (primary N) is 1. The molecule has 4 N–H and O–H groups in total. The topological polar surface area (TPSA) is 57.5 Å². The fourth-order valence-corrected chi connectivity index (χ4v) is 1.23. The number of hydrogen-bond acceptors (Lipinski definition) is 1. The Kier molecular flexibility index (Phi) is 8.85. The van der Waals surface area contributed by atoms with Crippen LogP contribution in [0.1, 0.15) is 40.0 Å². The Labute approximate surface area is 64.1 Å². The van der Waals surface area contributed by atoms with Crippen LogP contribution in [0.5, 0.6) is 0 Å². The van der Waals surface area contributed by atoms with E-state index in [1.165, 1.54) is 12.8 Å². The molecule has 2 heteroatoms. The maximum absolute atomic E-state index is 5.84. The predicted octanol–water partition coefficient (Wildman–Crippen LogP) is 1.34. The van der Waals surface area contributed by atoms with Gasteiger partial charge < -0.3 is 11.2 Å². The fraction of sp³-hybridized carbons (Fsp3) is 1.00. The van der Waals surface area contributed by atoms with E-state index in [2.05, 4.69) is 20.8 Å². The van der Waals surface area contributed by atoms with Crippen LogP contribution in [0.3, 0.4) is 0 Å². The molecule has 0 rings (SSSR count). The first-order valence-electron chi connectivity index (χ1n) is 4.01. The highest BCUT2D eigenvalue weighted by Gasteiger charge is 2.10. The van der Waals surface area contributed by atoms with Crippen molar-refractivity contribution in [2.75, 3.05) is 0 Å². The molecule has 0 bridgehead atoms. The average Bonchev–Trinajstić information content (AvgIpc) is 1.90. The van der Waals surface area contributed by atoms with Gasteiger partial charge in [-0.05, 0) is 12.3 Å². The third-order valence-electron chi connectivity index (χ3n) is 2.13. The standard InChI is InChI=1S/C8H19N.H2O/c1-4-7(5-2)8(9)6-3;/h7-8H,4-6,9H2,1-3H3;1H2. The fourth-order valence-electron chi connectivity index (χ4n) is 1.23. The minimum absolute atomic E-state index is 0. The van der Waals surface area contributed by atoms with E-state index < -0.39 is 0 Å². The lowest BCUT2D eigenvalue weighted by Gasteiger charge is -2.18. The van der Waals surface area contributed by atoms with E-state index in [1.807, 2.05) is 0 Å². The lowest BCUT2D eigenvalue weighted by Crippen LogP contribution is -2.28. The molecular weight excluding hydrogens is 126 g/mol. The summed E-state index contributed by atoms with van der Waals surface area (Å²) in [6.07, 6.45) is 3.57. The molecule has 1 unspecified atom stereocenters. The monoisotopic (exact) mass is 147 g/mol. The van der Waals surface area contributed by atoms with E-state index in [0.717, 1.165) is 12.3 Å². The highest BCUT2D eigenvalue weighted by atomic mass is 16.0. The van der Waals surface area contributed by atoms with Gasteiger partial charge in [0, 0.05) is 6.04 Å². The first kappa shape index (κ1) is 12.6. The Balaban J connectivity index is 0. The summed E-state index contributed by atoms with van der Waals surface area (Å²) < 4.78 is 0. The molecule has 0 aromatic heterocycles. The van der Waals surface area contributed by atoms with Crippen molar-refractivity contribution in [3.8, 4) is 0 Å². The molecule has 0 saturated heterocycles. The van der Waals surface area contributed by atoms with E-state index in [0.29, 0.717) is 6.04 Å². The van der Waals surface area contributed by atoms with Gasteiger partial charge in [-0.25, -0.2) is 0 Å². The summed E-state index contributed by atoms with van der Waals surface area (Å²) >= 11 is 0. The molecule has 64 valence electrons. The van der Waals surface area contributed by atoms with Gasteiger partial charge >= 0.3 is 0 Å². The Morgan fingerprint density at radius 1 is 1.00 bits per heavy atom. The van der Waals surface area contributed by atoms with Crippen molar-refractivity contribution in [3.63, 3.8) is 0 Å². The quantitative estimate of drug-likeness (QED) is 0.641. The molecule has 0 fully saturated rings. The molecule has 1 atom stereocenters. The molecule has 2 nitrogen and oxygen atoms in total. The zero-order chi connectivity index (χ0) is 7.28. The average molecular weight is 147 g/mol. The van der Waals surface area contributed by atoms with E-state index in [4.69, 9.17) is 5.73 Å². The maximum Gasteiger partial charge on any atom is 0.00643 e. The van der Waals surface area contributed by atoms with Crippen molar-refractivity contribution < 1.29 is 5.48 Å². The van der Waals surface area contributed by atoms with Gasteiger partial charge in [-0.1, -0.05) is 33.6 Å². The largest absolute Gasteiger partial charge is 0.412 e. The zero-order valence-corrected chi connectivity index (χ0v) is 7.35. The minimum atomic E-state index is 0. The summed E-state index contributed by atoms with van der Waals surface area (Å²) in [4.78, 5) is 0. The van der Waals surface area contributed by atoms with Gasteiger partial charge in [-0.2, -0.15) is 0 Å². The molecule has 0 spiro atoms. The third-order valence-corrected chi connectivity index (χ3v) is 2.13. The summed E-state index contributed by atoms with van der Waals surface area (Å²) in [7, 11) is 0. The van der Waals surface area contributed by atoms with E-state index in [9.17, 15) is 0 Å². The minimum Gasteiger partial charge on any atom is -0.412 e. The van der Waals surface area contributed by atoms with Crippen LogP contribution in [-0.4, -0.2) is 11.5 Å². The summed E-state index contributed by atoms with van der Waals surface area (Å²) in [5, 5.41) is 0. The summed E-state index contributed by atoms with van der Waals surface area (Å²) in [6.45, 7) is 6.58. The van der Waals surface area contributed by atoms with Crippen LogP contribution >= 0.6 is 0 Å². The van der Waals surface area contributed by atoms with Crippen LogP contribution in [0.2, 0.25) is 0 Å². The van der Waals surface area contributed by atoms with Gasteiger partial charge in [0.2, 0.25) is 0 Å². The number of rotatable bonds is 4. The molecule has 0 radical (unpaired) electrons. The van der Waals surface area contributed by atoms with Crippen LogP contribution in [0.4, 0.5) is 0 Å². The molecule has 0 saturated carbocycles. The van der Waals surface area contributed by atoms with E-state index in [-0.39, 0.29) is 5.48 Å². The van der Waals surface area contributed by atoms with Crippen molar-refractivity contribution in [1.82, 2.24) is 0 Å². The van der Waals surface area contributed by atoms with Gasteiger partial charge in [0.25, 0.3) is 0 Å². The predicted molar refractivity (Wildman–Crippen MR) is 46.0 cm³/mol. The SMILES string of the molecule is CCC(N)C(CC)CC.O. The van der Waals surface area contributed by atoms with Gasteiger partial charge in [0.1, 0.15) is 0 Å². The van der Waals surface area contributed by atoms with Crippen LogP contribution in [0, 0.1) is 5.92 Å². The van der Waals surface area contributed by atoms with Gasteiger partial charge in [0.05, 0.1) is 0 Å². The maximum atomic E-state index is 5.84. The molecule has 0 aromatic rings. The first-order valence-corrected chi connectivity index (χ1v) is 4.01. The molecule has 0 aliphatic carbocycles. The van der Waals surface area contributed by atoms with Crippen molar-refractivity contribution in [3.05, 3.63) is 0 Å². The molecule has 0 aliphatic rings. The summed E-state index contributed by atoms with van der Waals surface area (Å²) in [5.74, 6) is 0.745. The van der Waals surface area contributed by atoms with Gasteiger partial charge in [-0.15, -0.1) is 0 Å². The van der Waals surface area contributed by atoms with Crippen molar-refractivity contribution in [2.45, 2.75) is 46.1 Å². The second-order valence-corrected chi connectivity index (χ2v) is 2.65. The Morgan fingerprint density at radius 2 is 1.40 bits per heavy atom. The lowest BCUT2D eigenvalue weighted by atomic mass is 9.93. The Hall–Kier alpha value is -0.0800. The molecule has 0 amide bonds. The van der Waals surface area contributed by atoms with Crippen molar-refractivity contribution in [1.29, 1.82) is 0 Å². The van der Waals surface area contributed by atoms with Crippen LogP contribution in [0.25, 0.3) is 0 Å². The zero-order valence-electron chi connectivity index (χ0n) is 7.35. The molecule has 10 heavy (non-hydrogen) atoms. The molecule has 0 aromatic carbocycles. The first-order chi connectivity index (χ1) is 4.26. The van der Waals surface area contributed by atoms with E-state index in [1.54, 1.807) is 0 Å². The molecule has 0 aliphatic heterocycles. The smallest absolute Gasteiger partial charge is 0.00643 e. The highest BCUT2D eigenvalue weighted by molar-refractivity contribution is 4.67. The van der Waals surface area contributed by atoms with Crippen molar-refractivity contribution >= 4 is 0 Å². The van der Waals surface area contributed by atoms with Crippen LogP contribution in [-0.2, 0) is 0 Å². The summed E-state index contributed by atoms with van der Waals surface area (Å²) in [6, 6.07) is 0.431. The van der Waals surface area contributed by atoms with Gasteiger partial charge in [0.15, 0.2) is 0 Å². The Morgan fingerprint density at radius 3 is 1.50 bits per heavy atom. The third kappa shape index (κ3) is 3.85. The van der Waals surface area contributed by atoms with Gasteiger partial charge in [-0.3, -0.25) is 0 Å². The summed E-state index contributed by atoms with van der Waals surface area (Å²) in [5.41, 5.74) is 5.84. The lowest BCUT2D eigenvalue weighted by molar-refractivity contribution is 0.387. The normalized spacial score (nSPS) is 12.9. The van der Waals surface area contributed by atoms with Crippen LogP contribution in [0.15, 0.2) is 0 Å². The van der Waals surface area contributed by atoms with Crippen molar-refractivity contribution in [2.24, 2.45) is 11.7 Å². The Bertz CT molecular complexity index is 62.3. The highest BCUT2D eigenvalue weighted by Crippen LogP contribution is 2.12. The van der Waals surface area contributed by atoms with Crippen LogP contribution < -0.4 is 5.73 Å². The second kappa shape index (κ2) is 7.03. The molecular formula is C8H21NO. The second-order valence-electron chi connectivity index (χ2n) is 2.65. The van der Waals surface area contributed by atoms with E-state index >= 15 is 0 Å².